The third-order valence-electron chi connectivity index (χ3n) is 2.91. The largest absolute Gasteiger partial charge is 0.465 e. The van der Waals surface area contributed by atoms with Gasteiger partial charge in [-0.25, -0.2) is 9.18 Å². The van der Waals surface area contributed by atoms with Crippen molar-refractivity contribution < 1.29 is 13.9 Å². The van der Waals surface area contributed by atoms with Crippen LogP contribution in [-0.2, 0) is 4.74 Å². The number of esters is 1. The average molecular weight is 348 g/mol. The first-order valence-corrected chi connectivity index (χ1v) is 7.58. The molecule has 1 N–H and O–H groups in total. The lowest BCUT2D eigenvalue weighted by Crippen LogP contribution is -2.09. The first-order chi connectivity index (χ1) is 9.92. The Bertz CT molecular complexity index is 675. The minimum atomic E-state index is -0.526. The molecule has 1 unspecified atom stereocenters. The van der Waals surface area contributed by atoms with E-state index >= 15 is 0 Å². The molecule has 1 aromatic carbocycles. The molecule has 0 aliphatic heterocycles. The van der Waals surface area contributed by atoms with Crippen molar-refractivity contribution in [2.75, 3.05) is 12.4 Å². The molecule has 0 spiro atoms. The topological polar surface area (TPSA) is 38.3 Å². The number of halogens is 3. The number of rotatable bonds is 4. The van der Waals surface area contributed by atoms with Crippen LogP contribution in [0.25, 0.3) is 0 Å². The number of benzene rings is 1. The van der Waals surface area contributed by atoms with Crippen LogP contribution in [0, 0.1) is 5.82 Å². The van der Waals surface area contributed by atoms with E-state index in [4.69, 9.17) is 23.2 Å². The van der Waals surface area contributed by atoms with E-state index in [1.165, 1.54) is 36.6 Å². The van der Waals surface area contributed by atoms with E-state index in [1.54, 1.807) is 6.07 Å². The molecular weight excluding hydrogens is 336 g/mol. The second-order valence-electron chi connectivity index (χ2n) is 4.33. The normalized spacial score (nSPS) is 12.0. The summed E-state index contributed by atoms with van der Waals surface area (Å²) in [7, 11) is 1.27. The summed E-state index contributed by atoms with van der Waals surface area (Å²) in [6.45, 7) is 1.83. The van der Waals surface area contributed by atoms with Crippen LogP contribution in [0.2, 0.25) is 8.67 Å². The number of carbonyl (C=O) groups excluding carboxylic acids is 1. The highest BCUT2D eigenvalue weighted by Gasteiger charge is 2.16. The number of methoxy groups -OCH3 is 1. The Balaban J connectivity index is 2.26. The quantitative estimate of drug-likeness (QED) is 0.776. The summed E-state index contributed by atoms with van der Waals surface area (Å²) in [4.78, 5) is 11.5. The van der Waals surface area contributed by atoms with Crippen molar-refractivity contribution in [3.8, 4) is 0 Å². The standard InChI is InChI=1S/C14H12Cl2FNO2S/c1-7(9-6-12(15)21-13(9)16)18-11-5-8(14(19)20-2)3-4-10(11)17/h3-7,18H,1-2H3. The highest BCUT2D eigenvalue weighted by atomic mass is 35.5. The van der Waals surface area contributed by atoms with Crippen LogP contribution in [0.1, 0.15) is 28.9 Å². The third-order valence-corrected chi connectivity index (χ3v) is 4.43. The fourth-order valence-corrected chi connectivity index (χ4v) is 3.49. The second-order valence-corrected chi connectivity index (χ2v) is 6.62. The molecule has 1 atom stereocenters. The number of anilines is 1. The summed E-state index contributed by atoms with van der Waals surface area (Å²) >= 11 is 13.2. The lowest BCUT2D eigenvalue weighted by molar-refractivity contribution is 0.0600. The van der Waals surface area contributed by atoms with Gasteiger partial charge in [0.15, 0.2) is 0 Å². The van der Waals surface area contributed by atoms with Gasteiger partial charge in [-0.3, -0.25) is 0 Å². The van der Waals surface area contributed by atoms with Crippen LogP contribution in [0.4, 0.5) is 10.1 Å². The zero-order valence-electron chi connectivity index (χ0n) is 11.2. The molecule has 0 saturated carbocycles. The predicted molar refractivity (Wildman–Crippen MR) is 84.1 cm³/mol. The Morgan fingerprint density at radius 3 is 2.67 bits per heavy atom. The van der Waals surface area contributed by atoms with E-state index in [0.717, 1.165) is 5.56 Å². The molecule has 0 radical (unpaired) electrons. The van der Waals surface area contributed by atoms with Crippen LogP contribution >= 0.6 is 34.5 Å². The smallest absolute Gasteiger partial charge is 0.337 e. The highest BCUT2D eigenvalue weighted by Crippen LogP contribution is 2.36. The number of thiophene rings is 1. The van der Waals surface area contributed by atoms with E-state index in [-0.39, 0.29) is 17.3 Å². The Labute approximate surface area is 135 Å². The van der Waals surface area contributed by atoms with Gasteiger partial charge in [0.1, 0.15) is 5.82 Å². The monoisotopic (exact) mass is 347 g/mol. The van der Waals surface area contributed by atoms with Crippen molar-refractivity contribution in [2.24, 2.45) is 0 Å². The summed E-state index contributed by atoms with van der Waals surface area (Å²) in [6.07, 6.45) is 0. The molecule has 112 valence electrons. The SMILES string of the molecule is COC(=O)c1ccc(F)c(NC(C)c2cc(Cl)sc2Cl)c1. The van der Waals surface area contributed by atoms with Crippen molar-refractivity contribution >= 4 is 46.2 Å². The molecule has 0 amide bonds. The lowest BCUT2D eigenvalue weighted by atomic mass is 10.1. The van der Waals surface area contributed by atoms with Crippen molar-refractivity contribution in [3.63, 3.8) is 0 Å². The molecule has 21 heavy (non-hydrogen) atoms. The molecule has 0 aliphatic rings. The van der Waals surface area contributed by atoms with E-state index < -0.39 is 11.8 Å². The van der Waals surface area contributed by atoms with Crippen LogP contribution in [-0.4, -0.2) is 13.1 Å². The number of hydrogen-bond acceptors (Lipinski definition) is 4. The number of ether oxygens (including phenoxy) is 1. The first-order valence-electron chi connectivity index (χ1n) is 6.01. The minimum absolute atomic E-state index is 0.198. The van der Waals surface area contributed by atoms with Gasteiger partial charge in [0.2, 0.25) is 0 Å². The molecule has 2 rings (SSSR count). The maximum atomic E-state index is 13.8. The average Bonchev–Trinajstić information content (AvgIpc) is 2.79. The van der Waals surface area contributed by atoms with Crippen molar-refractivity contribution in [3.05, 3.63) is 49.9 Å². The fraction of sp³-hybridized carbons (Fsp3) is 0.214. The van der Waals surface area contributed by atoms with Crippen molar-refractivity contribution in [1.82, 2.24) is 0 Å². The Kier molecular flexibility index (Phi) is 5.08. The molecule has 0 aliphatic carbocycles. The number of hydrogen-bond donors (Lipinski definition) is 1. The number of carbonyl (C=O) groups is 1. The van der Waals surface area contributed by atoms with Crippen molar-refractivity contribution in [1.29, 1.82) is 0 Å². The first kappa shape index (κ1) is 16.1. The van der Waals surface area contributed by atoms with Gasteiger partial charge in [0.05, 0.1) is 33.1 Å². The van der Waals surface area contributed by atoms with Gasteiger partial charge in [-0.15, -0.1) is 11.3 Å². The Morgan fingerprint density at radius 1 is 1.38 bits per heavy atom. The van der Waals surface area contributed by atoms with E-state index in [2.05, 4.69) is 10.1 Å². The summed E-state index contributed by atoms with van der Waals surface area (Å²) < 4.78 is 19.6. The van der Waals surface area contributed by atoms with Gasteiger partial charge in [0.25, 0.3) is 0 Å². The maximum Gasteiger partial charge on any atom is 0.337 e. The summed E-state index contributed by atoms with van der Waals surface area (Å²) in [5, 5.41) is 2.98. The maximum absolute atomic E-state index is 13.8. The zero-order valence-corrected chi connectivity index (χ0v) is 13.6. The lowest BCUT2D eigenvalue weighted by Gasteiger charge is -2.16. The summed E-state index contributed by atoms with van der Waals surface area (Å²) in [5.41, 5.74) is 1.24. The van der Waals surface area contributed by atoms with Crippen LogP contribution in [0.5, 0.6) is 0 Å². The van der Waals surface area contributed by atoms with Crippen molar-refractivity contribution in [2.45, 2.75) is 13.0 Å². The summed E-state index contributed by atoms with van der Waals surface area (Å²) in [5.74, 6) is -0.991. The molecule has 0 bridgehead atoms. The molecule has 0 saturated heterocycles. The summed E-state index contributed by atoms with van der Waals surface area (Å²) in [6, 6.07) is 5.45. The Morgan fingerprint density at radius 2 is 2.10 bits per heavy atom. The van der Waals surface area contributed by atoms with Crippen LogP contribution < -0.4 is 5.32 Å². The molecule has 2 aromatic rings. The predicted octanol–water partition coefficient (Wildman–Crippen LogP) is 5.15. The molecule has 3 nitrogen and oxygen atoms in total. The number of nitrogens with one attached hydrogen (secondary N) is 1. The van der Waals surface area contributed by atoms with E-state index in [9.17, 15) is 9.18 Å². The van der Waals surface area contributed by atoms with Gasteiger partial charge >= 0.3 is 5.97 Å². The van der Waals surface area contributed by atoms with Gasteiger partial charge in [0, 0.05) is 5.56 Å². The zero-order chi connectivity index (χ0) is 15.6. The van der Waals surface area contributed by atoms with Gasteiger partial charge in [-0.2, -0.15) is 0 Å². The third kappa shape index (κ3) is 3.67. The van der Waals surface area contributed by atoms with Crippen LogP contribution in [0.15, 0.2) is 24.3 Å². The molecule has 1 heterocycles. The highest BCUT2D eigenvalue weighted by molar-refractivity contribution is 7.20. The molecule has 1 aromatic heterocycles. The fourth-order valence-electron chi connectivity index (χ4n) is 1.84. The van der Waals surface area contributed by atoms with Gasteiger partial charge in [-0.1, -0.05) is 23.2 Å². The van der Waals surface area contributed by atoms with E-state index in [0.29, 0.717) is 8.67 Å². The second kappa shape index (κ2) is 6.64. The molecule has 0 fully saturated rings. The van der Waals surface area contributed by atoms with Gasteiger partial charge < -0.3 is 10.1 Å². The van der Waals surface area contributed by atoms with E-state index in [1.807, 2.05) is 6.92 Å². The minimum Gasteiger partial charge on any atom is -0.465 e. The van der Waals surface area contributed by atoms with Gasteiger partial charge in [-0.05, 0) is 31.2 Å². The van der Waals surface area contributed by atoms with Crippen LogP contribution in [0.3, 0.4) is 0 Å². The Hall–Kier alpha value is -1.30. The molecule has 7 heteroatoms. The molecular formula is C14H12Cl2FNO2S.